The molecule has 1 heterocycles. The number of rotatable bonds is 3. The molecule has 7 heteroatoms. The van der Waals surface area contributed by atoms with E-state index in [4.69, 9.17) is 16.3 Å². The van der Waals surface area contributed by atoms with Crippen LogP contribution < -0.4 is 10.1 Å². The molecule has 0 aliphatic carbocycles. The first-order chi connectivity index (χ1) is 11.0. The van der Waals surface area contributed by atoms with Crippen LogP contribution in [-0.4, -0.2) is 21.8 Å². The highest BCUT2D eigenvalue weighted by molar-refractivity contribution is 6.29. The van der Waals surface area contributed by atoms with Crippen molar-refractivity contribution in [1.29, 1.82) is 0 Å². The number of halogens is 1. The SMILES string of the molecule is CC(=O)Oc1cccc(C(=O)Nc2ccc3nc(Cl)[nH]c3c2)c1. The summed E-state index contributed by atoms with van der Waals surface area (Å²) in [7, 11) is 0. The zero-order chi connectivity index (χ0) is 16.4. The molecule has 0 atom stereocenters. The van der Waals surface area contributed by atoms with Crippen LogP contribution in [0.3, 0.4) is 0 Å². The maximum Gasteiger partial charge on any atom is 0.308 e. The molecule has 0 saturated carbocycles. The fourth-order valence-corrected chi connectivity index (χ4v) is 2.32. The number of benzene rings is 2. The molecule has 0 radical (unpaired) electrons. The van der Waals surface area contributed by atoms with E-state index in [0.717, 1.165) is 5.52 Å². The Morgan fingerprint density at radius 2 is 2.04 bits per heavy atom. The average Bonchev–Trinajstić information content (AvgIpc) is 2.86. The summed E-state index contributed by atoms with van der Waals surface area (Å²) in [5.41, 5.74) is 2.42. The minimum atomic E-state index is -0.441. The fourth-order valence-electron chi connectivity index (χ4n) is 2.13. The topological polar surface area (TPSA) is 84.1 Å². The van der Waals surface area contributed by atoms with Crippen LogP contribution in [0.15, 0.2) is 42.5 Å². The van der Waals surface area contributed by atoms with Gasteiger partial charge in [-0.05, 0) is 48.0 Å². The standard InChI is InChI=1S/C16H12ClN3O3/c1-9(21)23-12-4-2-3-10(7-12)15(22)18-11-5-6-13-14(8-11)20-16(17)19-13/h2-8H,1H3,(H,18,22)(H,19,20). The largest absolute Gasteiger partial charge is 0.427 e. The van der Waals surface area contributed by atoms with Crippen LogP contribution in [0.2, 0.25) is 5.28 Å². The molecule has 116 valence electrons. The van der Waals surface area contributed by atoms with Crippen LogP contribution in [0.1, 0.15) is 17.3 Å². The normalized spacial score (nSPS) is 10.5. The zero-order valence-electron chi connectivity index (χ0n) is 12.1. The number of carbonyl (C=O) groups excluding carboxylic acids is 2. The quantitative estimate of drug-likeness (QED) is 0.570. The Morgan fingerprint density at radius 3 is 2.83 bits per heavy atom. The molecule has 1 amide bonds. The van der Waals surface area contributed by atoms with Gasteiger partial charge in [0.1, 0.15) is 5.75 Å². The Kier molecular flexibility index (Phi) is 3.99. The van der Waals surface area contributed by atoms with Gasteiger partial charge in [-0.3, -0.25) is 9.59 Å². The molecular formula is C16H12ClN3O3. The van der Waals surface area contributed by atoms with Crippen LogP contribution in [0.5, 0.6) is 5.75 Å². The first-order valence-electron chi connectivity index (χ1n) is 6.76. The van der Waals surface area contributed by atoms with Crippen molar-refractivity contribution >= 4 is 40.2 Å². The van der Waals surface area contributed by atoms with E-state index in [0.29, 0.717) is 22.5 Å². The maximum absolute atomic E-state index is 12.3. The number of amides is 1. The first kappa shape index (κ1) is 15.1. The molecule has 2 N–H and O–H groups in total. The van der Waals surface area contributed by atoms with Gasteiger partial charge in [0.25, 0.3) is 5.91 Å². The molecule has 3 aromatic rings. The molecular weight excluding hydrogens is 318 g/mol. The molecule has 0 unspecified atom stereocenters. The van der Waals surface area contributed by atoms with E-state index >= 15 is 0 Å². The van der Waals surface area contributed by atoms with Crippen molar-refractivity contribution in [2.45, 2.75) is 6.92 Å². The van der Waals surface area contributed by atoms with Crippen molar-refractivity contribution in [2.24, 2.45) is 0 Å². The van der Waals surface area contributed by atoms with E-state index in [9.17, 15) is 9.59 Å². The van der Waals surface area contributed by atoms with Gasteiger partial charge in [0.05, 0.1) is 11.0 Å². The molecule has 0 aliphatic rings. The second-order valence-corrected chi connectivity index (χ2v) is 5.19. The number of imidazole rings is 1. The molecule has 0 aliphatic heterocycles. The number of hydrogen-bond donors (Lipinski definition) is 2. The van der Waals surface area contributed by atoms with Crippen molar-refractivity contribution in [3.8, 4) is 5.75 Å². The Bertz CT molecular complexity index is 904. The Balaban J connectivity index is 1.81. The van der Waals surface area contributed by atoms with E-state index in [1.807, 2.05) is 0 Å². The lowest BCUT2D eigenvalue weighted by Crippen LogP contribution is -2.12. The van der Waals surface area contributed by atoms with Gasteiger partial charge in [-0.15, -0.1) is 0 Å². The third kappa shape index (κ3) is 3.49. The number of ether oxygens (including phenoxy) is 1. The molecule has 0 bridgehead atoms. The molecule has 1 aromatic heterocycles. The molecule has 23 heavy (non-hydrogen) atoms. The minimum Gasteiger partial charge on any atom is -0.427 e. The van der Waals surface area contributed by atoms with E-state index in [1.54, 1.807) is 36.4 Å². The number of nitrogens with zero attached hydrogens (tertiary/aromatic N) is 1. The summed E-state index contributed by atoms with van der Waals surface area (Å²) < 4.78 is 4.97. The Morgan fingerprint density at radius 1 is 1.22 bits per heavy atom. The molecule has 0 saturated heterocycles. The number of fused-ring (bicyclic) bond motifs is 1. The Labute approximate surface area is 136 Å². The summed E-state index contributed by atoms with van der Waals surface area (Å²) in [4.78, 5) is 30.2. The van der Waals surface area contributed by atoms with Gasteiger partial charge in [-0.1, -0.05) is 6.07 Å². The highest BCUT2D eigenvalue weighted by atomic mass is 35.5. The average molecular weight is 330 g/mol. The summed E-state index contributed by atoms with van der Waals surface area (Å²) in [6.45, 7) is 1.30. The Hall–Kier alpha value is -2.86. The number of aromatic nitrogens is 2. The van der Waals surface area contributed by atoms with Crippen LogP contribution in [0, 0.1) is 0 Å². The number of nitrogens with one attached hydrogen (secondary N) is 2. The van der Waals surface area contributed by atoms with E-state index in [1.165, 1.54) is 13.0 Å². The monoisotopic (exact) mass is 329 g/mol. The van der Waals surface area contributed by atoms with Gasteiger partial charge in [0, 0.05) is 18.2 Å². The van der Waals surface area contributed by atoms with Gasteiger partial charge in [-0.25, -0.2) is 4.98 Å². The summed E-state index contributed by atoms with van der Waals surface area (Å²) in [5.74, 6) is -0.436. The van der Waals surface area contributed by atoms with Crippen molar-refractivity contribution in [3.63, 3.8) is 0 Å². The predicted octanol–water partition coefficient (Wildman–Crippen LogP) is 3.39. The van der Waals surface area contributed by atoms with E-state index in [2.05, 4.69) is 15.3 Å². The summed E-state index contributed by atoms with van der Waals surface area (Å²) >= 11 is 5.80. The second-order valence-electron chi connectivity index (χ2n) is 4.84. The van der Waals surface area contributed by atoms with Crippen molar-refractivity contribution in [2.75, 3.05) is 5.32 Å². The highest BCUT2D eigenvalue weighted by Gasteiger charge is 2.09. The maximum atomic E-state index is 12.3. The number of aromatic amines is 1. The zero-order valence-corrected chi connectivity index (χ0v) is 12.8. The van der Waals surface area contributed by atoms with Crippen LogP contribution in [-0.2, 0) is 4.79 Å². The summed E-state index contributed by atoms with van der Waals surface area (Å²) in [5, 5.41) is 3.06. The minimum absolute atomic E-state index is 0.289. The van der Waals surface area contributed by atoms with Crippen molar-refractivity contribution in [3.05, 3.63) is 53.3 Å². The number of H-pyrrole nitrogens is 1. The van der Waals surface area contributed by atoms with Crippen molar-refractivity contribution in [1.82, 2.24) is 9.97 Å². The van der Waals surface area contributed by atoms with Crippen LogP contribution in [0.25, 0.3) is 11.0 Å². The molecule has 2 aromatic carbocycles. The summed E-state index contributed by atoms with van der Waals surface area (Å²) in [6.07, 6.45) is 0. The van der Waals surface area contributed by atoms with Gasteiger partial charge in [-0.2, -0.15) is 0 Å². The second kappa shape index (κ2) is 6.10. The van der Waals surface area contributed by atoms with E-state index < -0.39 is 5.97 Å². The number of esters is 1. The fraction of sp³-hybridized carbons (Fsp3) is 0.0625. The number of carbonyl (C=O) groups is 2. The van der Waals surface area contributed by atoms with Crippen molar-refractivity contribution < 1.29 is 14.3 Å². The molecule has 3 rings (SSSR count). The molecule has 0 fully saturated rings. The van der Waals surface area contributed by atoms with E-state index in [-0.39, 0.29) is 11.2 Å². The highest BCUT2D eigenvalue weighted by Crippen LogP contribution is 2.20. The number of hydrogen-bond acceptors (Lipinski definition) is 4. The van der Waals surface area contributed by atoms with Crippen LogP contribution in [0.4, 0.5) is 5.69 Å². The molecule has 0 spiro atoms. The summed E-state index contributed by atoms with van der Waals surface area (Å²) in [6, 6.07) is 11.6. The van der Waals surface area contributed by atoms with Gasteiger partial charge in [0.2, 0.25) is 5.28 Å². The lowest BCUT2D eigenvalue weighted by Gasteiger charge is -2.07. The third-order valence-corrected chi connectivity index (χ3v) is 3.25. The lowest BCUT2D eigenvalue weighted by atomic mass is 10.2. The lowest BCUT2D eigenvalue weighted by molar-refractivity contribution is -0.131. The first-order valence-corrected chi connectivity index (χ1v) is 7.14. The number of anilines is 1. The smallest absolute Gasteiger partial charge is 0.308 e. The van der Waals surface area contributed by atoms with Gasteiger partial charge in [0.15, 0.2) is 0 Å². The third-order valence-electron chi connectivity index (χ3n) is 3.07. The van der Waals surface area contributed by atoms with Gasteiger partial charge < -0.3 is 15.0 Å². The molecule has 6 nitrogen and oxygen atoms in total. The predicted molar refractivity (Wildman–Crippen MR) is 86.8 cm³/mol. The van der Waals surface area contributed by atoms with Crippen LogP contribution >= 0.6 is 11.6 Å². The van der Waals surface area contributed by atoms with Gasteiger partial charge >= 0.3 is 5.97 Å².